The molecule has 0 amide bonds. The molecule has 2 saturated carbocycles. The molecule has 0 radical (unpaired) electrons. The third-order valence-corrected chi connectivity index (χ3v) is 4.86. The minimum atomic E-state index is -4.00. The second-order valence-corrected chi connectivity index (χ2v) is 6.32. The summed E-state index contributed by atoms with van der Waals surface area (Å²) in [7, 11) is 0. The third kappa shape index (κ3) is 3.24. The molecule has 1 heterocycles. The summed E-state index contributed by atoms with van der Waals surface area (Å²) in [6.45, 7) is 0.802. The van der Waals surface area contributed by atoms with Gasteiger partial charge in [0.15, 0.2) is 0 Å². The van der Waals surface area contributed by atoms with Crippen LogP contribution in [0.2, 0.25) is 0 Å². The van der Waals surface area contributed by atoms with Gasteiger partial charge in [0.2, 0.25) is 0 Å². The quantitative estimate of drug-likeness (QED) is 0.855. The lowest BCUT2D eigenvalue weighted by atomic mass is 9.85. The summed E-state index contributed by atoms with van der Waals surface area (Å²) >= 11 is 0. The summed E-state index contributed by atoms with van der Waals surface area (Å²) in [5, 5.41) is 3.57. The highest BCUT2D eigenvalue weighted by atomic mass is 19.4. The molecule has 2 nitrogen and oxygen atoms in total. The van der Waals surface area contributed by atoms with E-state index in [0.717, 1.165) is 13.0 Å². The topological polar surface area (TPSA) is 21.3 Å². The average Bonchev–Trinajstić information content (AvgIpc) is 3.10. The molecular weight excluding hydrogens is 255 g/mol. The van der Waals surface area contributed by atoms with Gasteiger partial charge in [0, 0.05) is 18.7 Å². The van der Waals surface area contributed by atoms with Crippen molar-refractivity contribution in [1.82, 2.24) is 5.32 Å². The van der Waals surface area contributed by atoms with Gasteiger partial charge in [0.25, 0.3) is 0 Å². The molecule has 0 spiro atoms. The molecule has 1 aliphatic heterocycles. The number of hydrogen-bond donors (Lipinski definition) is 1. The van der Waals surface area contributed by atoms with E-state index < -0.39 is 12.1 Å². The van der Waals surface area contributed by atoms with Crippen LogP contribution in [-0.2, 0) is 4.74 Å². The fourth-order valence-corrected chi connectivity index (χ4v) is 3.57. The van der Waals surface area contributed by atoms with E-state index in [4.69, 9.17) is 4.74 Å². The molecule has 0 bridgehead atoms. The van der Waals surface area contributed by atoms with Gasteiger partial charge in [-0.15, -0.1) is 0 Å². The van der Waals surface area contributed by atoms with Crippen molar-refractivity contribution in [1.29, 1.82) is 0 Å². The molecular formula is C14H22F3NO. The monoisotopic (exact) mass is 277 g/mol. The molecule has 110 valence electrons. The fourth-order valence-electron chi connectivity index (χ4n) is 3.57. The van der Waals surface area contributed by atoms with Crippen LogP contribution in [0.3, 0.4) is 0 Å². The van der Waals surface area contributed by atoms with Crippen molar-refractivity contribution in [2.24, 2.45) is 11.8 Å². The van der Waals surface area contributed by atoms with E-state index in [1.165, 1.54) is 12.8 Å². The van der Waals surface area contributed by atoms with Gasteiger partial charge in [0.05, 0.1) is 12.0 Å². The van der Waals surface area contributed by atoms with Crippen molar-refractivity contribution in [2.45, 2.75) is 69.3 Å². The van der Waals surface area contributed by atoms with E-state index in [0.29, 0.717) is 30.9 Å². The minimum Gasteiger partial charge on any atom is -0.376 e. The number of hydrogen-bond acceptors (Lipinski definition) is 2. The van der Waals surface area contributed by atoms with Crippen LogP contribution in [0.25, 0.3) is 0 Å². The van der Waals surface area contributed by atoms with Crippen LogP contribution in [0.4, 0.5) is 13.2 Å². The van der Waals surface area contributed by atoms with E-state index >= 15 is 0 Å². The summed E-state index contributed by atoms with van der Waals surface area (Å²) in [5.74, 6) is -0.379. The lowest BCUT2D eigenvalue weighted by Gasteiger charge is -2.33. The Balaban J connectivity index is 1.47. The average molecular weight is 277 g/mol. The maximum absolute atomic E-state index is 12.6. The summed E-state index contributed by atoms with van der Waals surface area (Å²) in [6, 6.07) is 0.631. The van der Waals surface area contributed by atoms with Gasteiger partial charge in [-0.2, -0.15) is 13.2 Å². The first-order valence-electron chi connectivity index (χ1n) is 7.48. The van der Waals surface area contributed by atoms with Gasteiger partial charge >= 0.3 is 6.18 Å². The van der Waals surface area contributed by atoms with Crippen molar-refractivity contribution in [2.75, 3.05) is 6.61 Å². The molecule has 1 N–H and O–H groups in total. The zero-order valence-corrected chi connectivity index (χ0v) is 11.1. The molecule has 3 aliphatic rings. The summed E-state index contributed by atoms with van der Waals surface area (Å²) in [5.41, 5.74) is 0. The van der Waals surface area contributed by atoms with Crippen molar-refractivity contribution >= 4 is 0 Å². The lowest BCUT2D eigenvalue weighted by molar-refractivity contribution is -0.182. The zero-order valence-electron chi connectivity index (χ0n) is 11.1. The maximum Gasteiger partial charge on any atom is 0.391 e. The molecule has 0 aromatic rings. The Morgan fingerprint density at radius 3 is 2.16 bits per heavy atom. The Kier molecular flexibility index (Phi) is 3.78. The molecule has 2 unspecified atom stereocenters. The molecule has 0 aromatic carbocycles. The largest absolute Gasteiger partial charge is 0.391 e. The standard InChI is InChI=1S/C14H22F3NO/c15-14(16,17)10-3-5-11(6-4-10)18-12-7-8-19-13(12)9-1-2-9/h9-13,18H,1-8H2. The first-order chi connectivity index (χ1) is 9.04. The zero-order chi connectivity index (χ0) is 13.5. The van der Waals surface area contributed by atoms with Gasteiger partial charge in [-0.05, 0) is 50.9 Å². The number of rotatable bonds is 3. The van der Waals surface area contributed by atoms with Gasteiger partial charge in [-0.25, -0.2) is 0 Å². The Bertz CT molecular complexity index is 308. The Labute approximate surface area is 112 Å². The van der Waals surface area contributed by atoms with E-state index in [1.54, 1.807) is 0 Å². The molecule has 2 aliphatic carbocycles. The highest BCUT2D eigenvalue weighted by molar-refractivity contribution is 4.95. The summed E-state index contributed by atoms with van der Waals surface area (Å²) in [6.07, 6.45) is 1.70. The van der Waals surface area contributed by atoms with E-state index in [2.05, 4.69) is 5.32 Å². The van der Waals surface area contributed by atoms with Crippen LogP contribution in [0.15, 0.2) is 0 Å². The van der Waals surface area contributed by atoms with Gasteiger partial charge in [0.1, 0.15) is 0 Å². The molecule has 2 atom stereocenters. The highest BCUT2D eigenvalue weighted by Crippen LogP contribution is 2.40. The minimum absolute atomic E-state index is 0.256. The molecule has 5 heteroatoms. The molecule has 1 saturated heterocycles. The van der Waals surface area contributed by atoms with Crippen LogP contribution in [0.5, 0.6) is 0 Å². The molecule has 0 aromatic heterocycles. The maximum atomic E-state index is 12.6. The van der Waals surface area contributed by atoms with Crippen molar-refractivity contribution in [3.63, 3.8) is 0 Å². The molecule has 19 heavy (non-hydrogen) atoms. The van der Waals surface area contributed by atoms with E-state index in [-0.39, 0.29) is 18.9 Å². The Morgan fingerprint density at radius 2 is 1.58 bits per heavy atom. The number of ether oxygens (including phenoxy) is 1. The lowest BCUT2D eigenvalue weighted by Crippen LogP contribution is -2.46. The first-order valence-corrected chi connectivity index (χ1v) is 7.48. The van der Waals surface area contributed by atoms with Crippen LogP contribution in [0, 0.1) is 11.8 Å². The Morgan fingerprint density at radius 1 is 0.895 bits per heavy atom. The second-order valence-electron chi connectivity index (χ2n) is 6.32. The number of alkyl halides is 3. The third-order valence-electron chi connectivity index (χ3n) is 4.86. The number of halogens is 3. The smallest absolute Gasteiger partial charge is 0.376 e. The summed E-state index contributed by atoms with van der Waals surface area (Å²) < 4.78 is 43.6. The Hall–Kier alpha value is -0.290. The van der Waals surface area contributed by atoms with E-state index in [9.17, 15) is 13.2 Å². The van der Waals surface area contributed by atoms with Gasteiger partial charge < -0.3 is 10.1 Å². The van der Waals surface area contributed by atoms with Crippen molar-refractivity contribution in [3.05, 3.63) is 0 Å². The normalized spacial score (nSPS) is 40.6. The van der Waals surface area contributed by atoms with Crippen molar-refractivity contribution in [3.8, 4) is 0 Å². The van der Waals surface area contributed by atoms with Crippen LogP contribution < -0.4 is 5.32 Å². The van der Waals surface area contributed by atoms with Crippen LogP contribution in [-0.4, -0.2) is 31.0 Å². The van der Waals surface area contributed by atoms with Crippen LogP contribution >= 0.6 is 0 Å². The first kappa shape index (κ1) is 13.7. The van der Waals surface area contributed by atoms with Gasteiger partial charge in [-0.1, -0.05) is 0 Å². The SMILES string of the molecule is FC(F)(F)C1CCC(NC2CCOC2C2CC2)CC1. The summed E-state index contributed by atoms with van der Waals surface area (Å²) in [4.78, 5) is 0. The predicted octanol–water partition coefficient (Wildman–Crippen LogP) is 3.26. The van der Waals surface area contributed by atoms with Gasteiger partial charge in [-0.3, -0.25) is 0 Å². The van der Waals surface area contributed by atoms with Crippen LogP contribution in [0.1, 0.15) is 44.9 Å². The molecule has 3 rings (SSSR count). The number of nitrogens with one attached hydrogen (secondary N) is 1. The molecule has 3 fully saturated rings. The second kappa shape index (κ2) is 5.24. The van der Waals surface area contributed by atoms with E-state index in [1.807, 2.05) is 0 Å². The van der Waals surface area contributed by atoms with Crippen molar-refractivity contribution < 1.29 is 17.9 Å². The highest BCUT2D eigenvalue weighted by Gasteiger charge is 2.44. The predicted molar refractivity (Wildman–Crippen MR) is 65.8 cm³/mol. The fraction of sp³-hybridized carbons (Fsp3) is 1.00.